The van der Waals surface area contributed by atoms with Crippen LogP contribution in [0, 0.1) is 12.8 Å². The first-order valence-electron chi connectivity index (χ1n) is 6.69. The molecule has 2 heteroatoms. The lowest BCUT2D eigenvalue weighted by atomic mass is 9.97. The van der Waals surface area contributed by atoms with Gasteiger partial charge in [0.05, 0.1) is 0 Å². The first-order valence-corrected chi connectivity index (χ1v) is 6.69. The number of rotatable bonds is 4. The van der Waals surface area contributed by atoms with Gasteiger partial charge in [-0.1, -0.05) is 29.8 Å². The van der Waals surface area contributed by atoms with Gasteiger partial charge in [0.1, 0.15) is 0 Å². The molecule has 1 N–H and O–H groups in total. The second-order valence-corrected chi connectivity index (χ2v) is 5.37. The van der Waals surface area contributed by atoms with E-state index in [9.17, 15) is 0 Å². The number of hydrogen-bond acceptors (Lipinski definition) is 2. The lowest BCUT2D eigenvalue weighted by Crippen LogP contribution is -2.34. The smallest absolute Gasteiger partial charge is 0.0205 e. The molecule has 2 nitrogen and oxygen atoms in total. The van der Waals surface area contributed by atoms with Crippen molar-refractivity contribution in [3.63, 3.8) is 0 Å². The minimum atomic E-state index is 0.871. The Kier molecular flexibility index (Phi) is 4.57. The fourth-order valence-electron chi connectivity index (χ4n) is 2.51. The number of nitrogens with one attached hydrogen (secondary N) is 1. The van der Waals surface area contributed by atoms with Gasteiger partial charge in [-0.25, -0.2) is 0 Å². The predicted octanol–water partition coefficient (Wildman–Crippen LogP) is 2.43. The molecule has 1 saturated heterocycles. The highest BCUT2D eigenvalue weighted by Crippen LogP contribution is 2.15. The molecule has 0 spiro atoms. The maximum atomic E-state index is 3.59. The zero-order valence-corrected chi connectivity index (χ0v) is 11.1. The third kappa shape index (κ3) is 4.14. The van der Waals surface area contributed by atoms with Gasteiger partial charge >= 0.3 is 0 Å². The number of piperidine rings is 1. The van der Waals surface area contributed by atoms with Gasteiger partial charge in [-0.2, -0.15) is 0 Å². The molecule has 2 rings (SSSR count). The standard InChI is InChI=1S/C15H24N2/c1-13-4-3-5-15(10-13)12-16-11-14-6-8-17(2)9-7-14/h3-5,10,14,16H,6-9,11-12H2,1-2H3. The first kappa shape index (κ1) is 12.6. The molecule has 0 saturated carbocycles. The second kappa shape index (κ2) is 6.18. The van der Waals surface area contributed by atoms with Crippen LogP contribution in [0.1, 0.15) is 24.0 Å². The van der Waals surface area contributed by atoms with E-state index >= 15 is 0 Å². The van der Waals surface area contributed by atoms with Gasteiger partial charge in [-0.15, -0.1) is 0 Å². The third-order valence-electron chi connectivity index (χ3n) is 3.68. The average molecular weight is 232 g/mol. The molecule has 1 aromatic carbocycles. The Morgan fingerprint density at radius 3 is 2.76 bits per heavy atom. The Balaban J connectivity index is 1.69. The van der Waals surface area contributed by atoms with Gasteiger partial charge in [0.2, 0.25) is 0 Å². The van der Waals surface area contributed by atoms with E-state index in [0.717, 1.165) is 12.5 Å². The van der Waals surface area contributed by atoms with E-state index in [4.69, 9.17) is 0 Å². The van der Waals surface area contributed by atoms with E-state index in [2.05, 4.69) is 48.5 Å². The molecule has 0 atom stereocenters. The minimum Gasteiger partial charge on any atom is -0.312 e. The highest BCUT2D eigenvalue weighted by molar-refractivity contribution is 5.21. The minimum absolute atomic E-state index is 0.871. The molecule has 1 aliphatic heterocycles. The van der Waals surface area contributed by atoms with Crippen LogP contribution in [-0.2, 0) is 6.54 Å². The van der Waals surface area contributed by atoms with Crippen LogP contribution in [0.25, 0.3) is 0 Å². The second-order valence-electron chi connectivity index (χ2n) is 5.37. The largest absolute Gasteiger partial charge is 0.312 e. The van der Waals surface area contributed by atoms with Crippen molar-refractivity contribution in [1.29, 1.82) is 0 Å². The van der Waals surface area contributed by atoms with Crippen molar-refractivity contribution >= 4 is 0 Å². The van der Waals surface area contributed by atoms with Gasteiger partial charge < -0.3 is 10.2 Å². The summed E-state index contributed by atoms with van der Waals surface area (Å²) in [5.74, 6) is 0.871. The van der Waals surface area contributed by atoms with Crippen molar-refractivity contribution in [1.82, 2.24) is 10.2 Å². The zero-order valence-electron chi connectivity index (χ0n) is 11.1. The van der Waals surface area contributed by atoms with Crippen molar-refractivity contribution in [2.45, 2.75) is 26.3 Å². The number of likely N-dealkylation sites (tertiary alicyclic amines) is 1. The summed E-state index contributed by atoms with van der Waals surface area (Å²) in [5.41, 5.74) is 2.75. The summed E-state index contributed by atoms with van der Waals surface area (Å²) in [7, 11) is 2.22. The van der Waals surface area contributed by atoms with Crippen LogP contribution < -0.4 is 5.32 Å². The number of hydrogen-bond donors (Lipinski definition) is 1. The summed E-state index contributed by atoms with van der Waals surface area (Å²) in [6.07, 6.45) is 2.69. The highest BCUT2D eigenvalue weighted by atomic mass is 15.1. The molecule has 0 amide bonds. The lowest BCUT2D eigenvalue weighted by Gasteiger charge is -2.29. The molecule has 94 valence electrons. The van der Waals surface area contributed by atoms with Crippen LogP contribution in [-0.4, -0.2) is 31.6 Å². The summed E-state index contributed by atoms with van der Waals surface area (Å²) < 4.78 is 0. The summed E-state index contributed by atoms with van der Waals surface area (Å²) in [6, 6.07) is 8.76. The molecule has 1 heterocycles. The molecule has 1 fully saturated rings. The summed E-state index contributed by atoms with van der Waals surface area (Å²) in [5, 5.41) is 3.59. The van der Waals surface area contributed by atoms with Crippen LogP contribution in [0.2, 0.25) is 0 Å². The normalized spacial score (nSPS) is 18.5. The quantitative estimate of drug-likeness (QED) is 0.857. The lowest BCUT2D eigenvalue weighted by molar-refractivity contribution is 0.216. The van der Waals surface area contributed by atoms with E-state index in [1.54, 1.807) is 0 Å². The Morgan fingerprint density at radius 1 is 1.29 bits per heavy atom. The Labute approximate surface area is 105 Å². The van der Waals surface area contributed by atoms with E-state index in [1.165, 1.54) is 43.6 Å². The Morgan fingerprint density at radius 2 is 2.06 bits per heavy atom. The van der Waals surface area contributed by atoms with Crippen LogP contribution in [0.3, 0.4) is 0 Å². The first-order chi connectivity index (χ1) is 8.24. The van der Waals surface area contributed by atoms with Gasteiger partial charge in [-0.05, 0) is 57.9 Å². The third-order valence-corrected chi connectivity index (χ3v) is 3.68. The summed E-state index contributed by atoms with van der Waals surface area (Å²) in [6.45, 7) is 6.85. The monoisotopic (exact) mass is 232 g/mol. The van der Waals surface area contributed by atoms with Crippen molar-refractivity contribution in [2.24, 2.45) is 5.92 Å². The van der Waals surface area contributed by atoms with Crippen LogP contribution in [0.15, 0.2) is 24.3 Å². The van der Waals surface area contributed by atoms with E-state index < -0.39 is 0 Å². The van der Waals surface area contributed by atoms with E-state index in [-0.39, 0.29) is 0 Å². The molecule has 0 unspecified atom stereocenters. The fraction of sp³-hybridized carbons (Fsp3) is 0.600. The highest BCUT2D eigenvalue weighted by Gasteiger charge is 2.15. The van der Waals surface area contributed by atoms with Gasteiger partial charge in [0, 0.05) is 6.54 Å². The maximum absolute atomic E-state index is 3.59. The molecule has 0 radical (unpaired) electrons. The van der Waals surface area contributed by atoms with Gasteiger partial charge in [0.25, 0.3) is 0 Å². The molecular formula is C15H24N2. The van der Waals surface area contributed by atoms with E-state index in [0.29, 0.717) is 0 Å². The zero-order chi connectivity index (χ0) is 12.1. The molecule has 0 bridgehead atoms. The topological polar surface area (TPSA) is 15.3 Å². The molecule has 0 aromatic heterocycles. The van der Waals surface area contributed by atoms with Gasteiger partial charge in [0.15, 0.2) is 0 Å². The number of nitrogens with zero attached hydrogens (tertiary/aromatic N) is 1. The number of aryl methyl sites for hydroxylation is 1. The summed E-state index contributed by atoms with van der Waals surface area (Å²) in [4.78, 5) is 2.43. The van der Waals surface area contributed by atoms with Crippen LogP contribution in [0.4, 0.5) is 0 Å². The fourth-order valence-corrected chi connectivity index (χ4v) is 2.51. The van der Waals surface area contributed by atoms with Crippen molar-refractivity contribution < 1.29 is 0 Å². The Hall–Kier alpha value is -0.860. The molecule has 1 aromatic rings. The Bertz CT molecular complexity index is 341. The predicted molar refractivity (Wildman–Crippen MR) is 73.1 cm³/mol. The van der Waals surface area contributed by atoms with Crippen LogP contribution >= 0.6 is 0 Å². The molecule has 17 heavy (non-hydrogen) atoms. The SMILES string of the molecule is Cc1cccc(CNCC2CCN(C)CC2)c1. The summed E-state index contributed by atoms with van der Waals surface area (Å²) >= 11 is 0. The van der Waals surface area contributed by atoms with Crippen molar-refractivity contribution in [3.8, 4) is 0 Å². The molecular weight excluding hydrogens is 208 g/mol. The van der Waals surface area contributed by atoms with Crippen LogP contribution in [0.5, 0.6) is 0 Å². The van der Waals surface area contributed by atoms with Crippen molar-refractivity contribution in [2.75, 3.05) is 26.7 Å². The molecule has 0 aliphatic carbocycles. The molecule has 1 aliphatic rings. The maximum Gasteiger partial charge on any atom is 0.0205 e. The van der Waals surface area contributed by atoms with E-state index in [1.807, 2.05) is 0 Å². The van der Waals surface area contributed by atoms with Gasteiger partial charge in [-0.3, -0.25) is 0 Å². The average Bonchev–Trinajstić information content (AvgIpc) is 2.32. The number of benzene rings is 1. The van der Waals surface area contributed by atoms with Crippen molar-refractivity contribution in [3.05, 3.63) is 35.4 Å².